The largest absolute Gasteiger partial charge is 0.466 e. The van der Waals surface area contributed by atoms with Crippen LogP contribution in [0.1, 0.15) is 41.2 Å². The number of ether oxygens (including phenoxy) is 1. The molecule has 0 heterocycles. The Morgan fingerprint density at radius 1 is 1.03 bits per heavy atom. The van der Waals surface area contributed by atoms with Gasteiger partial charge >= 0.3 is 12.1 Å². The van der Waals surface area contributed by atoms with E-state index in [9.17, 15) is 26.4 Å². The lowest BCUT2D eigenvalue weighted by Gasteiger charge is -2.18. The fraction of sp³-hybridized carbons (Fsp3) is 0.321. The quantitative estimate of drug-likeness (QED) is 0.383. The number of carbonyl (C=O) groups excluding carboxylic acids is 1. The minimum atomic E-state index is -4.85. The van der Waals surface area contributed by atoms with Crippen molar-refractivity contribution in [3.05, 3.63) is 88.5 Å². The first-order chi connectivity index (χ1) is 17.5. The van der Waals surface area contributed by atoms with Crippen LogP contribution in [0, 0.1) is 6.92 Å². The van der Waals surface area contributed by atoms with Crippen LogP contribution in [0.25, 0.3) is 11.1 Å². The second kappa shape index (κ2) is 10.7. The van der Waals surface area contributed by atoms with Crippen LogP contribution >= 0.6 is 0 Å². The third-order valence-electron chi connectivity index (χ3n) is 6.48. The third-order valence-corrected chi connectivity index (χ3v) is 8.06. The minimum Gasteiger partial charge on any atom is -0.466 e. The first-order valence-electron chi connectivity index (χ1n) is 12.0. The molecule has 196 valence electrons. The summed E-state index contributed by atoms with van der Waals surface area (Å²) in [4.78, 5) is 10.8. The van der Waals surface area contributed by atoms with E-state index in [1.807, 2.05) is 18.2 Å². The zero-order chi connectivity index (χ0) is 26.8. The molecule has 5 nitrogen and oxygen atoms in total. The van der Waals surface area contributed by atoms with Gasteiger partial charge in [0.05, 0.1) is 17.1 Å². The molecule has 9 heteroatoms. The summed E-state index contributed by atoms with van der Waals surface area (Å²) in [5.41, 5.74) is 3.26. The standard InChI is InChI=1S/C28H28F3NO4S/c1-3-36-27(33)13-9-19-8-10-20-15-23(16-22(20)14-19)32-37(34,35)26-12-11-21(17-25(26)28(29,30)31)24-7-5-4-6-18(24)2/h4-8,10-12,14,17,23,32H,3,9,13,15-16H2,1-2H3. The molecule has 0 amide bonds. The summed E-state index contributed by atoms with van der Waals surface area (Å²) < 4.78 is 75.8. The number of fused-ring (bicyclic) bond motifs is 1. The minimum absolute atomic E-state index is 0.238. The van der Waals surface area contributed by atoms with Crippen molar-refractivity contribution in [2.45, 2.75) is 56.6 Å². The molecule has 0 aliphatic heterocycles. The zero-order valence-electron chi connectivity index (χ0n) is 20.6. The van der Waals surface area contributed by atoms with Gasteiger partial charge < -0.3 is 4.74 Å². The summed E-state index contributed by atoms with van der Waals surface area (Å²) in [5.74, 6) is -0.289. The maximum atomic E-state index is 14.0. The van der Waals surface area contributed by atoms with Gasteiger partial charge in [-0.1, -0.05) is 48.5 Å². The number of benzene rings is 3. The van der Waals surface area contributed by atoms with Crippen LogP contribution in [0.5, 0.6) is 0 Å². The Bertz CT molecular complexity index is 1420. The number of nitrogens with one attached hydrogen (secondary N) is 1. The number of carbonyl (C=O) groups is 1. The first kappa shape index (κ1) is 26.9. The van der Waals surface area contributed by atoms with Crippen molar-refractivity contribution >= 4 is 16.0 Å². The monoisotopic (exact) mass is 531 g/mol. The Hall–Kier alpha value is -3.17. The number of aryl methyl sites for hydroxylation is 2. The molecule has 1 N–H and O–H groups in total. The van der Waals surface area contributed by atoms with Crippen molar-refractivity contribution < 1.29 is 31.1 Å². The van der Waals surface area contributed by atoms with E-state index in [4.69, 9.17) is 4.74 Å². The average molecular weight is 532 g/mol. The molecule has 4 rings (SSSR count). The molecule has 3 aromatic rings. The fourth-order valence-electron chi connectivity index (χ4n) is 4.72. The van der Waals surface area contributed by atoms with Crippen LogP contribution in [0.2, 0.25) is 0 Å². The highest BCUT2D eigenvalue weighted by atomic mass is 32.2. The summed E-state index contributed by atoms with van der Waals surface area (Å²) in [5, 5.41) is 0. The molecule has 1 unspecified atom stereocenters. The Morgan fingerprint density at radius 2 is 1.76 bits per heavy atom. The van der Waals surface area contributed by atoms with Crippen LogP contribution in [-0.4, -0.2) is 27.0 Å². The molecule has 0 fully saturated rings. The molecular weight excluding hydrogens is 503 g/mol. The van der Waals surface area contributed by atoms with Gasteiger partial charge in [-0.3, -0.25) is 4.79 Å². The van der Waals surface area contributed by atoms with E-state index < -0.39 is 32.7 Å². The Morgan fingerprint density at radius 3 is 2.46 bits per heavy atom. The second-order valence-electron chi connectivity index (χ2n) is 9.16. The van der Waals surface area contributed by atoms with Gasteiger partial charge in [0.2, 0.25) is 10.0 Å². The molecule has 0 spiro atoms. The predicted molar refractivity (Wildman–Crippen MR) is 135 cm³/mol. The fourth-order valence-corrected chi connectivity index (χ4v) is 6.17. The van der Waals surface area contributed by atoms with Gasteiger partial charge in [-0.15, -0.1) is 0 Å². The van der Waals surface area contributed by atoms with E-state index in [1.165, 1.54) is 6.07 Å². The molecule has 0 saturated carbocycles. The van der Waals surface area contributed by atoms with Gasteiger partial charge in [0.15, 0.2) is 0 Å². The number of esters is 1. The van der Waals surface area contributed by atoms with Gasteiger partial charge in [-0.25, -0.2) is 13.1 Å². The lowest BCUT2D eigenvalue weighted by atomic mass is 9.99. The highest BCUT2D eigenvalue weighted by Crippen LogP contribution is 2.38. The summed E-state index contributed by atoms with van der Waals surface area (Å²) >= 11 is 0. The number of hydrogen-bond donors (Lipinski definition) is 1. The molecule has 0 saturated heterocycles. The molecule has 1 aliphatic carbocycles. The number of rotatable bonds is 8. The maximum Gasteiger partial charge on any atom is 0.417 e. The zero-order valence-corrected chi connectivity index (χ0v) is 21.4. The SMILES string of the molecule is CCOC(=O)CCc1ccc2c(c1)CC(NS(=O)(=O)c1ccc(-c3ccccc3C)cc1C(F)(F)F)C2. The first-order valence-corrected chi connectivity index (χ1v) is 13.5. The summed E-state index contributed by atoms with van der Waals surface area (Å²) in [6, 6.07) is 15.4. The van der Waals surface area contributed by atoms with E-state index in [2.05, 4.69) is 4.72 Å². The highest BCUT2D eigenvalue weighted by Gasteiger charge is 2.38. The smallest absolute Gasteiger partial charge is 0.417 e. The van der Waals surface area contributed by atoms with E-state index in [0.717, 1.165) is 34.4 Å². The number of sulfonamides is 1. The van der Waals surface area contributed by atoms with Crippen molar-refractivity contribution in [1.29, 1.82) is 0 Å². The molecule has 0 bridgehead atoms. The van der Waals surface area contributed by atoms with E-state index in [1.54, 1.807) is 38.1 Å². The van der Waals surface area contributed by atoms with E-state index in [-0.39, 0.29) is 12.4 Å². The van der Waals surface area contributed by atoms with Crippen molar-refractivity contribution in [1.82, 2.24) is 4.72 Å². The molecular formula is C28H28F3NO4S. The van der Waals surface area contributed by atoms with Crippen LogP contribution in [-0.2, 0) is 45.0 Å². The Balaban J connectivity index is 1.54. The molecule has 0 radical (unpaired) electrons. The van der Waals surface area contributed by atoms with Crippen molar-refractivity contribution in [3.63, 3.8) is 0 Å². The summed E-state index contributed by atoms with van der Waals surface area (Å²) in [6.07, 6.45) is -3.40. The maximum absolute atomic E-state index is 14.0. The molecule has 1 atom stereocenters. The van der Waals surface area contributed by atoms with Gasteiger partial charge in [0, 0.05) is 12.5 Å². The van der Waals surface area contributed by atoms with Crippen LogP contribution in [0.15, 0.2) is 65.6 Å². The van der Waals surface area contributed by atoms with Crippen molar-refractivity contribution in [3.8, 4) is 11.1 Å². The Labute approximate surface area is 214 Å². The number of alkyl halides is 3. The lowest BCUT2D eigenvalue weighted by Crippen LogP contribution is -2.36. The molecule has 0 aromatic heterocycles. The van der Waals surface area contributed by atoms with Crippen molar-refractivity contribution in [2.24, 2.45) is 0 Å². The van der Waals surface area contributed by atoms with Gasteiger partial charge in [-0.05, 0) is 78.6 Å². The van der Waals surface area contributed by atoms with Gasteiger partial charge in [0.1, 0.15) is 0 Å². The van der Waals surface area contributed by atoms with E-state index >= 15 is 0 Å². The van der Waals surface area contributed by atoms with E-state index in [0.29, 0.717) is 37.0 Å². The topological polar surface area (TPSA) is 72.5 Å². The summed E-state index contributed by atoms with van der Waals surface area (Å²) in [6.45, 7) is 3.84. The van der Waals surface area contributed by atoms with Gasteiger partial charge in [0.25, 0.3) is 0 Å². The normalized spacial score (nSPS) is 15.4. The van der Waals surface area contributed by atoms with Crippen molar-refractivity contribution in [2.75, 3.05) is 6.61 Å². The highest BCUT2D eigenvalue weighted by molar-refractivity contribution is 7.89. The second-order valence-corrected chi connectivity index (χ2v) is 10.8. The van der Waals surface area contributed by atoms with Crippen LogP contribution in [0.4, 0.5) is 13.2 Å². The predicted octanol–water partition coefficient (Wildman–Crippen LogP) is 5.62. The van der Waals surface area contributed by atoms with Crippen LogP contribution in [0.3, 0.4) is 0 Å². The average Bonchev–Trinajstić information content (AvgIpc) is 3.23. The van der Waals surface area contributed by atoms with Gasteiger partial charge in [-0.2, -0.15) is 13.2 Å². The summed E-state index contributed by atoms with van der Waals surface area (Å²) in [7, 11) is -4.45. The molecule has 37 heavy (non-hydrogen) atoms. The molecule has 1 aliphatic rings. The lowest BCUT2D eigenvalue weighted by molar-refractivity contribution is -0.143. The third kappa shape index (κ3) is 6.22. The Kier molecular flexibility index (Phi) is 7.75. The molecule has 3 aromatic carbocycles. The number of hydrogen-bond acceptors (Lipinski definition) is 4. The number of halogens is 3. The van der Waals surface area contributed by atoms with Crippen LogP contribution < -0.4 is 4.72 Å².